The first kappa shape index (κ1) is 18.1. The van der Waals surface area contributed by atoms with Crippen molar-refractivity contribution in [3.05, 3.63) is 24.3 Å². The lowest BCUT2D eigenvalue weighted by Crippen LogP contribution is -2.32. The maximum absolute atomic E-state index is 6.25. The minimum Gasteiger partial charge on any atom is -0.497 e. The van der Waals surface area contributed by atoms with Gasteiger partial charge in [-0.15, -0.1) is 0 Å². The number of rotatable bonds is 10. The van der Waals surface area contributed by atoms with E-state index in [1.165, 1.54) is 0 Å². The number of methoxy groups -OCH3 is 1. The Hall–Kier alpha value is -1.26. The number of hydrogen-bond donors (Lipinski definition) is 0. The molecule has 0 aliphatic carbocycles. The van der Waals surface area contributed by atoms with Gasteiger partial charge in [-0.05, 0) is 37.1 Å². The molecule has 0 bridgehead atoms. The summed E-state index contributed by atoms with van der Waals surface area (Å²) in [5.41, 5.74) is 0. The predicted molar refractivity (Wildman–Crippen MR) is 91.1 cm³/mol. The highest BCUT2D eigenvalue weighted by molar-refractivity contribution is 5.31. The van der Waals surface area contributed by atoms with Gasteiger partial charge in [-0.3, -0.25) is 0 Å². The highest BCUT2D eigenvalue weighted by Crippen LogP contribution is 2.34. The maximum atomic E-state index is 6.25. The van der Waals surface area contributed by atoms with E-state index in [9.17, 15) is 0 Å². The molecule has 0 unspecified atom stereocenters. The van der Waals surface area contributed by atoms with Gasteiger partial charge in [-0.2, -0.15) is 0 Å². The van der Waals surface area contributed by atoms with E-state index >= 15 is 0 Å². The highest BCUT2D eigenvalue weighted by Gasteiger charge is 2.40. The molecule has 1 aliphatic heterocycles. The van der Waals surface area contributed by atoms with Gasteiger partial charge in [0.2, 0.25) is 0 Å². The molecular weight excluding hydrogens is 292 g/mol. The maximum Gasteiger partial charge on any atom is 0.169 e. The van der Waals surface area contributed by atoms with Crippen LogP contribution in [0.4, 0.5) is 0 Å². The second-order valence-electron chi connectivity index (χ2n) is 6.16. The number of ether oxygens (including phenoxy) is 4. The van der Waals surface area contributed by atoms with Gasteiger partial charge in [0.1, 0.15) is 24.2 Å². The summed E-state index contributed by atoms with van der Waals surface area (Å²) in [4.78, 5) is 0. The average molecular weight is 322 g/mol. The van der Waals surface area contributed by atoms with E-state index < -0.39 is 0 Å². The lowest BCUT2D eigenvalue weighted by Gasteiger charge is -2.28. The first-order chi connectivity index (χ1) is 11.2. The van der Waals surface area contributed by atoms with E-state index in [-0.39, 0.29) is 11.9 Å². The Kier molecular flexibility index (Phi) is 7.18. The molecule has 1 aliphatic rings. The summed E-state index contributed by atoms with van der Waals surface area (Å²) in [5, 5.41) is 0. The lowest BCUT2D eigenvalue weighted by atomic mass is 10.0. The van der Waals surface area contributed by atoms with Crippen LogP contribution in [0, 0.1) is 0 Å². The van der Waals surface area contributed by atoms with Gasteiger partial charge in [0, 0.05) is 12.8 Å². The summed E-state index contributed by atoms with van der Waals surface area (Å²) in [6.07, 6.45) is 6.54. The fraction of sp³-hybridized carbons (Fsp3) is 0.684. The largest absolute Gasteiger partial charge is 0.497 e. The zero-order chi connectivity index (χ0) is 16.5. The minimum atomic E-state index is -0.389. The van der Waals surface area contributed by atoms with Crippen molar-refractivity contribution in [2.45, 2.75) is 64.3 Å². The minimum absolute atomic E-state index is 0.00538. The molecule has 1 saturated heterocycles. The van der Waals surface area contributed by atoms with Crippen molar-refractivity contribution in [2.24, 2.45) is 0 Å². The molecule has 1 atom stereocenters. The molecule has 0 N–H and O–H groups in total. The van der Waals surface area contributed by atoms with E-state index in [1.807, 2.05) is 24.3 Å². The van der Waals surface area contributed by atoms with E-state index in [0.29, 0.717) is 13.2 Å². The third kappa shape index (κ3) is 5.40. The van der Waals surface area contributed by atoms with Gasteiger partial charge >= 0.3 is 0 Å². The van der Waals surface area contributed by atoms with Crippen LogP contribution < -0.4 is 9.47 Å². The summed E-state index contributed by atoms with van der Waals surface area (Å²) >= 11 is 0. The molecule has 0 amide bonds. The Morgan fingerprint density at radius 1 is 1.04 bits per heavy atom. The molecule has 130 valence electrons. The Morgan fingerprint density at radius 3 is 2.22 bits per heavy atom. The molecule has 1 aromatic carbocycles. The molecule has 4 heteroatoms. The van der Waals surface area contributed by atoms with Crippen LogP contribution in [0.5, 0.6) is 11.5 Å². The molecule has 0 spiro atoms. The first-order valence-electron chi connectivity index (χ1n) is 8.80. The zero-order valence-electron chi connectivity index (χ0n) is 14.7. The van der Waals surface area contributed by atoms with Crippen molar-refractivity contribution in [2.75, 3.05) is 20.3 Å². The van der Waals surface area contributed by atoms with Crippen molar-refractivity contribution < 1.29 is 18.9 Å². The Morgan fingerprint density at radius 2 is 1.65 bits per heavy atom. The molecule has 23 heavy (non-hydrogen) atoms. The number of hydrogen-bond acceptors (Lipinski definition) is 4. The van der Waals surface area contributed by atoms with E-state index in [2.05, 4.69) is 13.8 Å². The van der Waals surface area contributed by atoms with Gasteiger partial charge in [-0.25, -0.2) is 0 Å². The van der Waals surface area contributed by atoms with E-state index in [1.54, 1.807) is 7.11 Å². The van der Waals surface area contributed by atoms with E-state index in [4.69, 9.17) is 18.9 Å². The van der Waals surface area contributed by atoms with Gasteiger partial charge in [0.05, 0.1) is 13.7 Å². The molecule has 2 rings (SSSR count). The normalized spacial score (nSPS) is 19.7. The predicted octanol–water partition coefficient (Wildman–Crippen LogP) is 4.57. The van der Waals surface area contributed by atoms with Crippen LogP contribution in [0.15, 0.2) is 24.3 Å². The van der Waals surface area contributed by atoms with Gasteiger partial charge < -0.3 is 18.9 Å². The topological polar surface area (TPSA) is 36.9 Å². The molecule has 0 aromatic heterocycles. The first-order valence-corrected chi connectivity index (χ1v) is 8.80. The Labute approximate surface area is 140 Å². The molecule has 1 aromatic rings. The van der Waals surface area contributed by atoms with Crippen LogP contribution in [-0.4, -0.2) is 32.2 Å². The van der Waals surface area contributed by atoms with Crippen LogP contribution in [-0.2, 0) is 9.47 Å². The number of unbranched alkanes of at least 4 members (excludes halogenated alkanes) is 2. The quantitative estimate of drug-likeness (QED) is 0.632. The molecule has 4 nitrogen and oxygen atoms in total. The Bertz CT molecular complexity index is 435. The summed E-state index contributed by atoms with van der Waals surface area (Å²) < 4.78 is 23.3. The van der Waals surface area contributed by atoms with Crippen LogP contribution >= 0.6 is 0 Å². The SMILES string of the molecule is CCCCC1(CCCC)OC[C@H](COc2ccc(OC)cc2)O1. The van der Waals surface area contributed by atoms with Gasteiger partial charge in [-0.1, -0.05) is 26.7 Å². The number of benzene rings is 1. The third-order valence-corrected chi connectivity index (χ3v) is 4.23. The van der Waals surface area contributed by atoms with Crippen molar-refractivity contribution in [1.29, 1.82) is 0 Å². The molecule has 1 fully saturated rings. The van der Waals surface area contributed by atoms with Crippen LogP contribution in [0.25, 0.3) is 0 Å². The van der Waals surface area contributed by atoms with Crippen molar-refractivity contribution in [3.8, 4) is 11.5 Å². The molecule has 0 saturated carbocycles. The summed E-state index contributed by atoms with van der Waals surface area (Å²) in [6.45, 7) is 5.54. The second kappa shape index (κ2) is 9.14. The molecule has 0 radical (unpaired) electrons. The fourth-order valence-electron chi connectivity index (χ4n) is 2.84. The van der Waals surface area contributed by atoms with Crippen molar-refractivity contribution in [1.82, 2.24) is 0 Å². The third-order valence-electron chi connectivity index (χ3n) is 4.23. The summed E-state index contributed by atoms with van der Waals surface area (Å²) in [5.74, 6) is 1.27. The second-order valence-corrected chi connectivity index (χ2v) is 6.16. The van der Waals surface area contributed by atoms with Gasteiger partial charge in [0.25, 0.3) is 0 Å². The molecule has 1 heterocycles. The fourth-order valence-corrected chi connectivity index (χ4v) is 2.84. The summed E-state index contributed by atoms with van der Waals surface area (Å²) in [7, 11) is 1.66. The van der Waals surface area contributed by atoms with E-state index in [0.717, 1.165) is 50.0 Å². The zero-order valence-corrected chi connectivity index (χ0v) is 14.7. The van der Waals surface area contributed by atoms with Crippen LogP contribution in [0.3, 0.4) is 0 Å². The monoisotopic (exact) mass is 322 g/mol. The average Bonchev–Trinajstić information content (AvgIpc) is 3.00. The molecular formula is C19H30O4. The highest BCUT2D eigenvalue weighted by atomic mass is 16.7. The standard InChI is InChI=1S/C19H30O4/c1-4-6-12-19(13-7-5-2)22-15-18(23-19)14-21-17-10-8-16(20-3)9-11-17/h8-11,18H,4-7,12-15H2,1-3H3/t18-/m0/s1. The van der Waals surface area contributed by atoms with Crippen LogP contribution in [0.1, 0.15) is 52.4 Å². The van der Waals surface area contributed by atoms with Crippen molar-refractivity contribution >= 4 is 0 Å². The smallest absolute Gasteiger partial charge is 0.169 e. The van der Waals surface area contributed by atoms with Crippen molar-refractivity contribution in [3.63, 3.8) is 0 Å². The van der Waals surface area contributed by atoms with Gasteiger partial charge in [0.15, 0.2) is 5.79 Å². The van der Waals surface area contributed by atoms with Crippen LogP contribution in [0.2, 0.25) is 0 Å². The summed E-state index contributed by atoms with van der Waals surface area (Å²) in [6, 6.07) is 7.62. The lowest BCUT2D eigenvalue weighted by molar-refractivity contribution is -0.181. The Balaban J connectivity index is 1.84.